The van der Waals surface area contributed by atoms with E-state index in [-0.39, 0.29) is 4.32 Å². The fourth-order valence-corrected chi connectivity index (χ4v) is 4.00. The molecule has 1 aliphatic rings. The van der Waals surface area contributed by atoms with Crippen molar-refractivity contribution >= 4 is 68.1 Å². The van der Waals surface area contributed by atoms with E-state index in [4.69, 9.17) is 12.2 Å². The fourth-order valence-electron chi connectivity index (χ4n) is 2.36. The number of halogens is 1. The van der Waals surface area contributed by atoms with Crippen LogP contribution < -0.4 is 5.43 Å². The molecule has 28 heavy (non-hydrogen) atoms. The number of benzene rings is 2. The van der Waals surface area contributed by atoms with Gasteiger partial charge in [0.05, 0.1) is 23.1 Å². The Kier molecular flexibility index (Phi) is 6.28. The highest BCUT2D eigenvalue weighted by Gasteiger charge is 2.34. The quantitative estimate of drug-likeness (QED) is 0.411. The molecule has 9 heteroatoms. The Balaban J connectivity index is 1.76. The number of hydrogen-bond donors (Lipinski definition) is 1. The zero-order valence-corrected chi connectivity index (χ0v) is 17.7. The van der Waals surface area contributed by atoms with Gasteiger partial charge in [0, 0.05) is 4.47 Å². The van der Waals surface area contributed by atoms with Crippen LogP contribution in [0.25, 0.3) is 6.08 Å². The SMILES string of the molecule is COC(=O)c1ccc(C=C2SC(=S)N(NC(=O)c3ccccc3Br)C2=O)cc1. The molecule has 2 aromatic rings. The summed E-state index contributed by atoms with van der Waals surface area (Å²) in [7, 11) is 1.31. The lowest BCUT2D eigenvalue weighted by molar-refractivity contribution is -0.123. The number of methoxy groups -OCH3 is 1. The molecule has 2 amide bonds. The van der Waals surface area contributed by atoms with E-state index < -0.39 is 17.8 Å². The number of hydrazine groups is 1. The number of ether oxygens (including phenoxy) is 1. The third-order valence-corrected chi connectivity index (χ3v) is 5.75. The highest BCUT2D eigenvalue weighted by Crippen LogP contribution is 2.31. The molecule has 1 heterocycles. The van der Waals surface area contributed by atoms with Crippen LogP contribution in [0.1, 0.15) is 26.3 Å². The number of rotatable bonds is 4. The van der Waals surface area contributed by atoms with Gasteiger partial charge in [0.15, 0.2) is 4.32 Å². The van der Waals surface area contributed by atoms with Gasteiger partial charge in [0.2, 0.25) is 0 Å². The van der Waals surface area contributed by atoms with E-state index in [1.165, 1.54) is 7.11 Å². The molecule has 3 rings (SSSR count). The molecule has 0 aliphatic carbocycles. The molecule has 142 valence electrons. The summed E-state index contributed by atoms with van der Waals surface area (Å²) < 4.78 is 5.49. The molecule has 0 saturated carbocycles. The fraction of sp³-hybridized carbons (Fsp3) is 0.0526. The van der Waals surface area contributed by atoms with Gasteiger partial charge in [-0.1, -0.05) is 36.0 Å². The normalized spacial score (nSPS) is 15.1. The van der Waals surface area contributed by atoms with Gasteiger partial charge in [-0.2, -0.15) is 5.01 Å². The molecule has 0 bridgehead atoms. The van der Waals surface area contributed by atoms with E-state index in [2.05, 4.69) is 26.1 Å². The van der Waals surface area contributed by atoms with E-state index in [1.54, 1.807) is 54.6 Å². The van der Waals surface area contributed by atoms with Crippen molar-refractivity contribution in [3.63, 3.8) is 0 Å². The third kappa shape index (κ3) is 4.32. The summed E-state index contributed by atoms with van der Waals surface area (Å²) in [6.07, 6.45) is 1.64. The van der Waals surface area contributed by atoms with Crippen LogP contribution in [-0.2, 0) is 9.53 Å². The van der Waals surface area contributed by atoms with Crippen LogP contribution >= 0.6 is 39.9 Å². The van der Waals surface area contributed by atoms with Gasteiger partial charge in [-0.25, -0.2) is 4.79 Å². The van der Waals surface area contributed by atoms with Gasteiger partial charge in [-0.15, -0.1) is 0 Å². The molecule has 0 unspecified atom stereocenters. The lowest BCUT2D eigenvalue weighted by atomic mass is 10.1. The van der Waals surface area contributed by atoms with Crippen LogP contribution in [0.5, 0.6) is 0 Å². The smallest absolute Gasteiger partial charge is 0.337 e. The molecule has 2 aromatic carbocycles. The first-order valence-electron chi connectivity index (χ1n) is 7.92. The Morgan fingerprint density at radius 3 is 2.50 bits per heavy atom. The molecule has 0 spiro atoms. The van der Waals surface area contributed by atoms with Crippen molar-refractivity contribution in [2.24, 2.45) is 0 Å². The topological polar surface area (TPSA) is 75.7 Å². The number of carbonyl (C=O) groups is 3. The summed E-state index contributed by atoms with van der Waals surface area (Å²) in [5, 5.41) is 1.05. The standard InChI is InChI=1S/C19H13BrN2O4S2/c1-26-18(25)12-8-6-11(7-9-12)10-15-17(24)22(19(27)28-15)21-16(23)13-4-2-3-5-14(13)20/h2-10H,1H3,(H,21,23). The third-order valence-electron chi connectivity index (χ3n) is 3.76. The second-order valence-electron chi connectivity index (χ2n) is 5.55. The van der Waals surface area contributed by atoms with Crippen molar-refractivity contribution in [2.45, 2.75) is 0 Å². The van der Waals surface area contributed by atoms with Gasteiger partial charge in [-0.05, 0) is 64.1 Å². The van der Waals surface area contributed by atoms with Crippen LogP contribution in [0.3, 0.4) is 0 Å². The van der Waals surface area contributed by atoms with Crippen molar-refractivity contribution in [2.75, 3.05) is 7.11 Å². The first kappa shape index (κ1) is 20.2. The molecule has 6 nitrogen and oxygen atoms in total. The number of thiocarbonyl (C=S) groups is 1. The van der Waals surface area contributed by atoms with Crippen LogP contribution in [0, 0.1) is 0 Å². The van der Waals surface area contributed by atoms with Crippen LogP contribution in [0.2, 0.25) is 0 Å². The summed E-state index contributed by atoms with van der Waals surface area (Å²) in [6.45, 7) is 0. The average Bonchev–Trinajstić information content (AvgIpc) is 2.95. The molecule has 1 fully saturated rings. The van der Waals surface area contributed by atoms with Crippen molar-refractivity contribution in [3.8, 4) is 0 Å². The second-order valence-corrected chi connectivity index (χ2v) is 8.08. The van der Waals surface area contributed by atoms with E-state index >= 15 is 0 Å². The molecule has 0 aromatic heterocycles. The van der Waals surface area contributed by atoms with E-state index in [9.17, 15) is 14.4 Å². The molecule has 1 saturated heterocycles. The number of esters is 1. The summed E-state index contributed by atoms with van der Waals surface area (Å²) in [5.41, 5.74) is 4.04. The zero-order chi connectivity index (χ0) is 20.3. The lowest BCUT2D eigenvalue weighted by Crippen LogP contribution is -2.44. The largest absolute Gasteiger partial charge is 0.465 e. The maximum atomic E-state index is 12.6. The zero-order valence-electron chi connectivity index (χ0n) is 14.5. The average molecular weight is 477 g/mol. The summed E-state index contributed by atoms with van der Waals surface area (Å²) >= 11 is 9.61. The van der Waals surface area contributed by atoms with Crippen molar-refractivity contribution in [1.29, 1.82) is 0 Å². The number of nitrogens with zero attached hydrogens (tertiary/aromatic N) is 1. The predicted octanol–water partition coefficient (Wildman–Crippen LogP) is 3.78. The predicted molar refractivity (Wildman–Crippen MR) is 114 cm³/mol. The number of amides is 2. The van der Waals surface area contributed by atoms with E-state index in [0.29, 0.717) is 26.1 Å². The molecule has 0 radical (unpaired) electrons. The summed E-state index contributed by atoms with van der Waals surface area (Å²) in [4.78, 5) is 36.9. The first-order chi connectivity index (χ1) is 13.4. The highest BCUT2D eigenvalue weighted by atomic mass is 79.9. The Bertz CT molecular complexity index is 1010. The van der Waals surface area contributed by atoms with Gasteiger partial charge in [0.25, 0.3) is 11.8 Å². The minimum Gasteiger partial charge on any atom is -0.465 e. The van der Waals surface area contributed by atoms with Crippen molar-refractivity contribution in [1.82, 2.24) is 10.4 Å². The molecular weight excluding hydrogens is 464 g/mol. The van der Waals surface area contributed by atoms with Gasteiger partial charge in [-0.3, -0.25) is 15.0 Å². The number of nitrogens with one attached hydrogen (secondary N) is 1. The van der Waals surface area contributed by atoms with E-state index in [0.717, 1.165) is 16.8 Å². The van der Waals surface area contributed by atoms with Crippen LogP contribution in [0.15, 0.2) is 57.9 Å². The Labute approximate surface area is 179 Å². The van der Waals surface area contributed by atoms with Crippen LogP contribution in [-0.4, -0.2) is 34.2 Å². The molecular formula is C19H13BrN2O4S2. The molecule has 1 aliphatic heterocycles. The maximum Gasteiger partial charge on any atom is 0.337 e. The Hall–Kier alpha value is -2.49. The second kappa shape index (κ2) is 8.68. The Morgan fingerprint density at radius 2 is 1.86 bits per heavy atom. The minimum atomic E-state index is -0.451. The maximum absolute atomic E-state index is 12.6. The number of thioether (sulfide) groups is 1. The van der Waals surface area contributed by atoms with E-state index in [1.807, 2.05) is 0 Å². The highest BCUT2D eigenvalue weighted by molar-refractivity contribution is 9.10. The van der Waals surface area contributed by atoms with Crippen LogP contribution in [0.4, 0.5) is 0 Å². The Morgan fingerprint density at radius 1 is 1.18 bits per heavy atom. The summed E-state index contributed by atoms with van der Waals surface area (Å²) in [5.74, 6) is -1.31. The first-order valence-corrected chi connectivity index (χ1v) is 9.94. The monoisotopic (exact) mass is 476 g/mol. The lowest BCUT2D eigenvalue weighted by Gasteiger charge is -2.16. The van der Waals surface area contributed by atoms with Gasteiger partial charge < -0.3 is 4.74 Å². The van der Waals surface area contributed by atoms with Gasteiger partial charge >= 0.3 is 5.97 Å². The summed E-state index contributed by atoms with van der Waals surface area (Å²) in [6, 6.07) is 13.5. The number of hydrogen-bond acceptors (Lipinski definition) is 6. The molecule has 1 N–H and O–H groups in total. The van der Waals surface area contributed by atoms with Gasteiger partial charge in [0.1, 0.15) is 0 Å². The van der Waals surface area contributed by atoms with Crippen molar-refractivity contribution in [3.05, 3.63) is 74.6 Å². The minimum absolute atomic E-state index is 0.225. The molecule has 0 atom stereocenters. The number of carbonyl (C=O) groups excluding carboxylic acids is 3. The van der Waals surface area contributed by atoms with Crippen molar-refractivity contribution < 1.29 is 19.1 Å².